The second-order valence-electron chi connectivity index (χ2n) is 11.4. The molecule has 8 heteroatoms. The average molecular weight is 635 g/mol. The van der Waals surface area contributed by atoms with Crippen LogP contribution in [0.15, 0.2) is 47.4 Å². The molecule has 1 N–H and O–H groups in total. The van der Waals surface area contributed by atoms with Crippen molar-refractivity contribution in [1.29, 1.82) is 0 Å². The fraction of sp³-hybridized carbons (Fsp3) is 0.667. The number of hydrogen-bond acceptors (Lipinski definition) is 6. The van der Waals surface area contributed by atoms with E-state index in [2.05, 4.69) is 38.2 Å². The minimum atomic E-state index is -4.56. The molecule has 1 rings (SSSR count). The maximum absolute atomic E-state index is 12.8. The number of benzene rings is 1. The summed E-state index contributed by atoms with van der Waals surface area (Å²) in [7, 11) is -4.56. The lowest BCUT2D eigenvalue weighted by Crippen LogP contribution is -2.16. The van der Waals surface area contributed by atoms with E-state index in [1.165, 1.54) is 57.4 Å². The van der Waals surface area contributed by atoms with Crippen molar-refractivity contribution in [3.05, 3.63) is 53.6 Å². The predicted molar refractivity (Wildman–Crippen MR) is 179 cm³/mol. The van der Waals surface area contributed by atoms with Gasteiger partial charge in [-0.2, -0.15) is 8.42 Å². The van der Waals surface area contributed by atoms with Gasteiger partial charge in [-0.3, -0.25) is 4.55 Å². The van der Waals surface area contributed by atoms with Gasteiger partial charge in [-0.15, -0.1) is 0 Å². The topological polar surface area (TPSA) is 107 Å². The minimum absolute atomic E-state index is 0.0682. The van der Waals surface area contributed by atoms with Crippen molar-refractivity contribution in [2.24, 2.45) is 0 Å². The van der Waals surface area contributed by atoms with Crippen molar-refractivity contribution >= 4 is 22.1 Å². The van der Waals surface area contributed by atoms with Gasteiger partial charge >= 0.3 is 11.9 Å². The summed E-state index contributed by atoms with van der Waals surface area (Å²) >= 11 is 0. The van der Waals surface area contributed by atoms with Gasteiger partial charge in [-0.05, 0) is 69.6 Å². The third-order valence-electron chi connectivity index (χ3n) is 7.53. The molecule has 250 valence electrons. The van der Waals surface area contributed by atoms with Crippen LogP contribution in [0.1, 0.15) is 163 Å². The van der Waals surface area contributed by atoms with Crippen LogP contribution in [0.2, 0.25) is 0 Å². The summed E-state index contributed by atoms with van der Waals surface area (Å²) in [5.41, 5.74) is -0.287. The molecule has 0 radical (unpaired) electrons. The summed E-state index contributed by atoms with van der Waals surface area (Å²) in [5.74, 6) is -1.52. The lowest BCUT2D eigenvalue weighted by atomic mass is 10.1. The molecule has 0 amide bonds. The number of rotatable bonds is 27. The molecule has 0 fully saturated rings. The quantitative estimate of drug-likeness (QED) is 0.0444. The van der Waals surface area contributed by atoms with Gasteiger partial charge in [0.25, 0.3) is 10.1 Å². The Bertz CT molecular complexity index is 1080. The van der Waals surface area contributed by atoms with Gasteiger partial charge in [-0.25, -0.2) is 9.59 Å². The molecule has 44 heavy (non-hydrogen) atoms. The first-order chi connectivity index (χ1) is 21.3. The summed E-state index contributed by atoms with van der Waals surface area (Å²) in [6.45, 7) is 4.68. The van der Waals surface area contributed by atoms with E-state index in [-0.39, 0.29) is 24.3 Å². The Morgan fingerprint density at radius 2 is 0.977 bits per heavy atom. The molecule has 0 aliphatic carbocycles. The highest BCUT2D eigenvalue weighted by Crippen LogP contribution is 2.19. The Morgan fingerprint density at radius 1 is 0.591 bits per heavy atom. The number of allylic oxidation sites excluding steroid dienone is 4. The largest absolute Gasteiger partial charge is 0.462 e. The maximum Gasteiger partial charge on any atom is 0.339 e. The smallest absolute Gasteiger partial charge is 0.339 e. The van der Waals surface area contributed by atoms with Crippen LogP contribution < -0.4 is 0 Å². The van der Waals surface area contributed by atoms with Crippen molar-refractivity contribution in [2.75, 3.05) is 13.2 Å². The zero-order valence-corrected chi connectivity index (χ0v) is 28.2. The zero-order chi connectivity index (χ0) is 32.3. The van der Waals surface area contributed by atoms with Gasteiger partial charge in [0.05, 0.1) is 29.2 Å². The van der Waals surface area contributed by atoms with Crippen molar-refractivity contribution < 1.29 is 32.0 Å². The van der Waals surface area contributed by atoms with Crippen LogP contribution in [0, 0.1) is 0 Å². The first-order valence-electron chi connectivity index (χ1n) is 17.1. The molecule has 0 aliphatic heterocycles. The minimum Gasteiger partial charge on any atom is -0.462 e. The van der Waals surface area contributed by atoms with Gasteiger partial charge in [0.1, 0.15) is 0 Å². The Hall–Kier alpha value is -2.45. The van der Waals surface area contributed by atoms with Crippen LogP contribution >= 0.6 is 0 Å². The third-order valence-corrected chi connectivity index (χ3v) is 8.38. The Morgan fingerprint density at radius 3 is 1.39 bits per heavy atom. The number of unbranched alkanes of at least 4 members (excludes halogenated alkanes) is 16. The maximum atomic E-state index is 12.8. The van der Waals surface area contributed by atoms with Gasteiger partial charge in [-0.1, -0.05) is 115 Å². The number of ether oxygens (including phenoxy) is 2. The van der Waals surface area contributed by atoms with E-state index in [4.69, 9.17) is 9.47 Å². The Labute approximate surface area is 267 Å². The Balaban J connectivity index is 2.38. The van der Waals surface area contributed by atoms with Gasteiger partial charge in [0, 0.05) is 0 Å². The zero-order valence-electron chi connectivity index (χ0n) is 27.4. The molecule has 0 aliphatic rings. The average Bonchev–Trinajstić information content (AvgIpc) is 3.00. The van der Waals surface area contributed by atoms with Gasteiger partial charge in [0.15, 0.2) is 0 Å². The molecular formula is C36H58O7S. The number of hydrogen-bond donors (Lipinski definition) is 1. The predicted octanol–water partition coefficient (Wildman–Crippen LogP) is 10.2. The van der Waals surface area contributed by atoms with Gasteiger partial charge < -0.3 is 9.47 Å². The monoisotopic (exact) mass is 634 g/mol. The SMILES string of the molecule is CC/C=C/CCCCCCCCCCOC(=O)c1ccc(S(=O)(=O)O)cc1C(=O)OCCCCCCCCCC/C=C/CC. The van der Waals surface area contributed by atoms with E-state index in [9.17, 15) is 22.6 Å². The van der Waals surface area contributed by atoms with Crippen LogP contribution in [0.5, 0.6) is 0 Å². The van der Waals surface area contributed by atoms with Crippen molar-refractivity contribution in [1.82, 2.24) is 0 Å². The van der Waals surface area contributed by atoms with Crippen molar-refractivity contribution in [2.45, 2.75) is 147 Å². The lowest BCUT2D eigenvalue weighted by molar-refractivity contribution is 0.0450. The summed E-state index contributed by atoms with van der Waals surface area (Å²) in [6.07, 6.45) is 31.0. The summed E-state index contributed by atoms with van der Waals surface area (Å²) in [4.78, 5) is 25.1. The van der Waals surface area contributed by atoms with Gasteiger partial charge in [0.2, 0.25) is 0 Å². The van der Waals surface area contributed by atoms with E-state index in [1.54, 1.807) is 0 Å². The lowest BCUT2D eigenvalue weighted by Gasteiger charge is -2.11. The molecule has 0 bridgehead atoms. The first-order valence-corrected chi connectivity index (χ1v) is 18.5. The van der Waals surface area contributed by atoms with E-state index >= 15 is 0 Å². The van der Waals surface area contributed by atoms with Crippen LogP contribution in [-0.2, 0) is 19.6 Å². The molecule has 0 saturated carbocycles. The van der Waals surface area contributed by atoms with Crippen LogP contribution in [-0.4, -0.2) is 38.1 Å². The van der Waals surface area contributed by atoms with E-state index in [1.807, 2.05) is 0 Å². The van der Waals surface area contributed by atoms with Crippen molar-refractivity contribution in [3.63, 3.8) is 0 Å². The van der Waals surface area contributed by atoms with Crippen LogP contribution in [0.3, 0.4) is 0 Å². The molecule has 1 aromatic carbocycles. The molecule has 0 atom stereocenters. The highest BCUT2D eigenvalue weighted by Gasteiger charge is 2.23. The molecule has 0 saturated heterocycles. The van der Waals surface area contributed by atoms with Crippen LogP contribution in [0.4, 0.5) is 0 Å². The summed E-state index contributed by atoms with van der Waals surface area (Å²) in [6, 6.07) is 3.26. The molecule has 0 spiro atoms. The first kappa shape index (κ1) is 39.6. The second-order valence-corrected chi connectivity index (χ2v) is 12.9. The summed E-state index contributed by atoms with van der Waals surface area (Å²) in [5, 5.41) is 0. The second kappa shape index (κ2) is 25.8. The summed E-state index contributed by atoms with van der Waals surface area (Å²) < 4.78 is 43.5. The van der Waals surface area contributed by atoms with Crippen molar-refractivity contribution in [3.8, 4) is 0 Å². The normalized spacial score (nSPS) is 11.9. The van der Waals surface area contributed by atoms with E-state index < -0.39 is 27.0 Å². The fourth-order valence-corrected chi connectivity index (χ4v) is 5.44. The van der Waals surface area contributed by atoms with E-state index in [0.29, 0.717) is 12.8 Å². The highest BCUT2D eigenvalue weighted by atomic mass is 32.2. The fourth-order valence-electron chi connectivity index (χ4n) is 4.93. The third kappa shape index (κ3) is 19.8. The number of carbonyl (C=O) groups is 2. The molecule has 1 aromatic rings. The standard InChI is InChI=1S/C36H58O7S/c1-3-5-7-9-11-13-15-17-19-21-23-25-29-42-35(37)33-28-27-32(44(39,40)41)31-34(33)36(38)43-30-26-24-22-20-18-16-14-12-10-8-6-4-2/h5-8,27-28,31H,3-4,9-26,29-30H2,1-2H3,(H,39,40,41)/b7-5+,8-6+. The molecule has 0 heterocycles. The molecule has 0 unspecified atom stereocenters. The number of carbonyl (C=O) groups excluding carboxylic acids is 2. The highest BCUT2D eigenvalue weighted by molar-refractivity contribution is 7.85. The van der Waals surface area contributed by atoms with E-state index in [0.717, 1.165) is 76.3 Å². The molecular weight excluding hydrogens is 576 g/mol. The number of esters is 2. The Kier molecular flexibility index (Phi) is 23.2. The van der Waals surface area contributed by atoms with Crippen LogP contribution in [0.25, 0.3) is 0 Å². The molecule has 7 nitrogen and oxygen atoms in total. The molecule has 0 aromatic heterocycles.